The quantitative estimate of drug-likeness (QED) is 0.825. The van der Waals surface area contributed by atoms with Crippen molar-refractivity contribution in [2.45, 2.75) is 51.6 Å². The van der Waals surface area contributed by atoms with Crippen LogP contribution in [0.4, 0.5) is 0 Å². The molecule has 1 saturated carbocycles. The Labute approximate surface area is 141 Å². The topological polar surface area (TPSA) is 60.0 Å². The lowest BCUT2D eigenvalue weighted by molar-refractivity contribution is 0.0906. The van der Waals surface area contributed by atoms with E-state index in [0.29, 0.717) is 18.2 Å². The first kappa shape index (κ1) is 18.5. The van der Waals surface area contributed by atoms with Gasteiger partial charge in [0.2, 0.25) is 0 Å². The Bertz CT molecular complexity index is 458. The molecular formula is C15H25BrClN3O. The number of carbonyl (C=O) groups is 1. The maximum absolute atomic E-state index is 12.4. The molecule has 0 saturated heterocycles. The van der Waals surface area contributed by atoms with Crippen LogP contribution in [-0.2, 0) is 6.54 Å². The molecule has 1 aliphatic carbocycles. The summed E-state index contributed by atoms with van der Waals surface area (Å²) in [5.41, 5.74) is 6.58. The van der Waals surface area contributed by atoms with Crippen molar-refractivity contribution in [1.29, 1.82) is 0 Å². The third-order valence-corrected chi connectivity index (χ3v) is 4.66. The van der Waals surface area contributed by atoms with E-state index >= 15 is 0 Å². The van der Waals surface area contributed by atoms with Gasteiger partial charge in [0.05, 0.1) is 0 Å². The molecule has 0 bridgehead atoms. The van der Waals surface area contributed by atoms with Crippen LogP contribution in [0.1, 0.15) is 49.5 Å². The Balaban J connectivity index is 0.00000220. The van der Waals surface area contributed by atoms with Gasteiger partial charge >= 0.3 is 0 Å². The minimum atomic E-state index is -0.0152. The highest BCUT2D eigenvalue weighted by atomic mass is 79.9. The van der Waals surface area contributed by atoms with Crippen LogP contribution in [0.5, 0.6) is 0 Å². The number of nitrogens with two attached hydrogens (primary N) is 1. The fourth-order valence-electron chi connectivity index (χ4n) is 3.07. The Morgan fingerprint density at radius 1 is 1.48 bits per heavy atom. The maximum atomic E-state index is 12.4. The van der Waals surface area contributed by atoms with E-state index in [2.05, 4.69) is 21.2 Å². The van der Waals surface area contributed by atoms with E-state index in [-0.39, 0.29) is 24.4 Å². The van der Waals surface area contributed by atoms with E-state index in [1.807, 2.05) is 23.8 Å². The van der Waals surface area contributed by atoms with E-state index in [9.17, 15) is 4.79 Å². The first-order valence-corrected chi connectivity index (χ1v) is 8.31. The molecule has 2 rings (SSSR count). The van der Waals surface area contributed by atoms with Crippen LogP contribution in [0.25, 0.3) is 0 Å². The van der Waals surface area contributed by atoms with E-state index in [4.69, 9.17) is 5.73 Å². The third-order valence-electron chi connectivity index (χ3n) is 4.23. The summed E-state index contributed by atoms with van der Waals surface area (Å²) in [6, 6.07) is 1.97. The third kappa shape index (κ3) is 4.73. The van der Waals surface area contributed by atoms with Crippen LogP contribution in [0, 0.1) is 5.92 Å². The summed E-state index contributed by atoms with van der Waals surface area (Å²) in [6.45, 7) is 3.33. The molecule has 21 heavy (non-hydrogen) atoms. The van der Waals surface area contributed by atoms with Gasteiger partial charge in [-0.15, -0.1) is 12.4 Å². The van der Waals surface area contributed by atoms with Crippen LogP contribution in [-0.4, -0.2) is 23.1 Å². The zero-order chi connectivity index (χ0) is 14.5. The smallest absolute Gasteiger partial charge is 0.268 e. The predicted molar refractivity (Wildman–Crippen MR) is 91.9 cm³/mol. The molecule has 1 aliphatic rings. The van der Waals surface area contributed by atoms with Crippen molar-refractivity contribution in [2.75, 3.05) is 6.54 Å². The van der Waals surface area contributed by atoms with Crippen LogP contribution in [0.3, 0.4) is 0 Å². The van der Waals surface area contributed by atoms with Crippen LogP contribution < -0.4 is 11.1 Å². The highest BCUT2D eigenvalue weighted by Gasteiger charge is 2.25. The van der Waals surface area contributed by atoms with Crippen molar-refractivity contribution >= 4 is 34.2 Å². The monoisotopic (exact) mass is 377 g/mol. The van der Waals surface area contributed by atoms with Crippen molar-refractivity contribution in [3.05, 3.63) is 22.4 Å². The number of amides is 1. The predicted octanol–water partition coefficient (Wildman–Crippen LogP) is 3.33. The molecule has 3 N–H and O–H groups in total. The molecule has 0 radical (unpaired) electrons. The largest absolute Gasteiger partial charge is 0.346 e. The lowest BCUT2D eigenvalue weighted by Crippen LogP contribution is -2.46. The minimum absolute atomic E-state index is 0. The molecule has 4 nitrogen and oxygen atoms in total. The van der Waals surface area contributed by atoms with Crippen molar-refractivity contribution < 1.29 is 4.79 Å². The van der Waals surface area contributed by atoms with Gasteiger partial charge in [-0.25, -0.2) is 0 Å². The second kappa shape index (κ2) is 8.81. The standard InChI is InChI=1S/C15H24BrN3O.ClH/c1-2-19-10-12(16)8-14(19)15(20)18-13(9-17)11-6-4-3-5-7-11;/h8,10-11,13H,2-7,9,17H2,1H3,(H,18,20);1H. The van der Waals surface area contributed by atoms with E-state index in [0.717, 1.165) is 11.0 Å². The number of rotatable bonds is 5. The average molecular weight is 379 g/mol. The Hall–Kier alpha value is -0.520. The lowest BCUT2D eigenvalue weighted by atomic mass is 9.84. The van der Waals surface area contributed by atoms with Gasteiger partial charge < -0.3 is 15.6 Å². The van der Waals surface area contributed by atoms with Gasteiger partial charge in [0.1, 0.15) is 5.69 Å². The minimum Gasteiger partial charge on any atom is -0.346 e. The Morgan fingerprint density at radius 3 is 2.71 bits per heavy atom. The molecule has 120 valence electrons. The summed E-state index contributed by atoms with van der Waals surface area (Å²) < 4.78 is 2.89. The van der Waals surface area contributed by atoms with Crippen LogP contribution in [0.15, 0.2) is 16.7 Å². The molecule has 1 aromatic rings. The number of aryl methyl sites for hydroxylation is 1. The second-order valence-electron chi connectivity index (χ2n) is 5.54. The van der Waals surface area contributed by atoms with Crippen molar-refractivity contribution in [1.82, 2.24) is 9.88 Å². The van der Waals surface area contributed by atoms with Gasteiger partial charge in [-0.3, -0.25) is 4.79 Å². The van der Waals surface area contributed by atoms with Gasteiger partial charge in [-0.1, -0.05) is 19.3 Å². The lowest BCUT2D eigenvalue weighted by Gasteiger charge is -2.30. The van der Waals surface area contributed by atoms with E-state index in [1.54, 1.807) is 0 Å². The molecule has 1 atom stereocenters. The highest BCUT2D eigenvalue weighted by Crippen LogP contribution is 2.26. The number of halogens is 2. The van der Waals surface area contributed by atoms with Crippen molar-refractivity contribution in [3.63, 3.8) is 0 Å². The molecule has 0 aromatic carbocycles. The fourth-order valence-corrected chi connectivity index (χ4v) is 3.54. The van der Waals surface area contributed by atoms with Gasteiger partial charge in [0.25, 0.3) is 5.91 Å². The van der Waals surface area contributed by atoms with Crippen LogP contribution in [0.2, 0.25) is 0 Å². The molecule has 1 amide bonds. The Kier molecular flexibility index (Phi) is 7.77. The summed E-state index contributed by atoms with van der Waals surface area (Å²) >= 11 is 3.43. The van der Waals surface area contributed by atoms with Crippen molar-refractivity contribution in [3.8, 4) is 0 Å². The normalized spacial score (nSPS) is 17.1. The number of carbonyl (C=O) groups excluding carboxylic acids is 1. The zero-order valence-corrected chi connectivity index (χ0v) is 14.9. The molecule has 0 aliphatic heterocycles. The highest BCUT2D eigenvalue weighted by molar-refractivity contribution is 9.10. The molecule has 0 spiro atoms. The number of nitrogens with zero attached hydrogens (tertiary/aromatic N) is 1. The molecule has 1 aromatic heterocycles. The summed E-state index contributed by atoms with van der Waals surface area (Å²) in [7, 11) is 0. The number of hydrogen-bond acceptors (Lipinski definition) is 2. The van der Waals surface area contributed by atoms with E-state index in [1.165, 1.54) is 32.1 Å². The second-order valence-corrected chi connectivity index (χ2v) is 6.46. The van der Waals surface area contributed by atoms with Gasteiger partial charge in [-0.2, -0.15) is 0 Å². The van der Waals surface area contributed by atoms with E-state index < -0.39 is 0 Å². The summed E-state index contributed by atoms with van der Waals surface area (Å²) in [5, 5.41) is 3.14. The fraction of sp³-hybridized carbons (Fsp3) is 0.667. The first-order chi connectivity index (χ1) is 9.65. The van der Waals surface area contributed by atoms with Crippen molar-refractivity contribution in [2.24, 2.45) is 11.7 Å². The zero-order valence-electron chi connectivity index (χ0n) is 12.5. The SMILES string of the molecule is CCn1cc(Br)cc1C(=O)NC(CN)C1CCCCC1.Cl. The van der Waals surface area contributed by atoms with Gasteiger partial charge in [0, 0.05) is 29.8 Å². The number of aromatic nitrogens is 1. The summed E-state index contributed by atoms with van der Waals surface area (Å²) in [4.78, 5) is 12.4. The number of nitrogens with one attached hydrogen (secondary N) is 1. The van der Waals surface area contributed by atoms with Crippen LogP contribution >= 0.6 is 28.3 Å². The molecule has 6 heteroatoms. The first-order valence-electron chi connectivity index (χ1n) is 7.52. The molecule has 1 unspecified atom stereocenters. The molecule has 1 heterocycles. The van der Waals surface area contributed by atoms with Gasteiger partial charge in [0.15, 0.2) is 0 Å². The number of hydrogen-bond donors (Lipinski definition) is 2. The molecule has 1 fully saturated rings. The maximum Gasteiger partial charge on any atom is 0.268 e. The average Bonchev–Trinajstić information content (AvgIpc) is 2.86. The Morgan fingerprint density at radius 2 is 2.14 bits per heavy atom. The summed E-state index contributed by atoms with van der Waals surface area (Å²) in [6.07, 6.45) is 8.13. The summed E-state index contributed by atoms with van der Waals surface area (Å²) in [5.74, 6) is 0.518. The van der Waals surface area contributed by atoms with Gasteiger partial charge in [-0.05, 0) is 47.7 Å². The molecular weight excluding hydrogens is 354 g/mol.